The van der Waals surface area contributed by atoms with E-state index in [4.69, 9.17) is 11.6 Å². The molecule has 0 radical (unpaired) electrons. The summed E-state index contributed by atoms with van der Waals surface area (Å²) in [5, 5.41) is -0.722. The zero-order chi connectivity index (χ0) is 10.0. The maximum atomic E-state index is 13.0. The Kier molecular flexibility index (Phi) is 3.39. The van der Waals surface area contributed by atoms with E-state index >= 15 is 0 Å². The van der Waals surface area contributed by atoms with E-state index in [1.54, 1.807) is 0 Å². The minimum absolute atomic E-state index is 0.0239. The third kappa shape index (κ3) is 2.74. The van der Waals surface area contributed by atoms with E-state index in [0.717, 1.165) is 12.1 Å². The van der Waals surface area contributed by atoms with Crippen LogP contribution in [-0.2, 0) is 11.2 Å². The molecule has 0 fully saturated rings. The van der Waals surface area contributed by atoms with Crippen molar-refractivity contribution in [2.45, 2.75) is 6.42 Å². The van der Waals surface area contributed by atoms with Crippen molar-refractivity contribution in [1.82, 2.24) is 0 Å². The van der Waals surface area contributed by atoms with Crippen molar-refractivity contribution >= 4 is 32.8 Å². The maximum Gasteiger partial charge on any atom is 0.226 e. The number of benzene rings is 1. The molecule has 0 amide bonds. The molecule has 13 heavy (non-hydrogen) atoms. The van der Waals surface area contributed by atoms with Crippen LogP contribution in [0.5, 0.6) is 0 Å². The van der Waals surface area contributed by atoms with Gasteiger partial charge in [-0.05, 0) is 45.2 Å². The molecule has 0 saturated carbocycles. The zero-order valence-electron chi connectivity index (χ0n) is 6.28. The summed E-state index contributed by atoms with van der Waals surface area (Å²) in [7, 11) is 0. The molecule has 0 atom stereocenters. The van der Waals surface area contributed by atoms with E-state index in [2.05, 4.69) is 15.9 Å². The molecular weight excluding hydrogens is 265 g/mol. The van der Waals surface area contributed by atoms with Crippen LogP contribution >= 0.6 is 27.5 Å². The minimum Gasteiger partial charge on any atom is -0.281 e. The first-order valence-corrected chi connectivity index (χ1v) is 4.49. The lowest BCUT2D eigenvalue weighted by atomic mass is 10.1. The van der Waals surface area contributed by atoms with Gasteiger partial charge in [-0.2, -0.15) is 0 Å². The second-order valence-electron chi connectivity index (χ2n) is 2.39. The highest BCUT2D eigenvalue weighted by molar-refractivity contribution is 9.10. The Hall–Kier alpha value is -0.480. The molecular formula is C8H4BrClF2O. The summed E-state index contributed by atoms with van der Waals surface area (Å²) in [6, 6.07) is 1.91. The summed E-state index contributed by atoms with van der Waals surface area (Å²) in [4.78, 5) is 10.4. The first-order valence-electron chi connectivity index (χ1n) is 3.32. The fraction of sp³-hybridized carbons (Fsp3) is 0.125. The van der Waals surface area contributed by atoms with Crippen molar-refractivity contribution in [2.24, 2.45) is 0 Å². The second-order valence-corrected chi connectivity index (χ2v) is 3.67. The smallest absolute Gasteiger partial charge is 0.226 e. The lowest BCUT2D eigenvalue weighted by Crippen LogP contribution is -1.98. The average Bonchev–Trinajstić information content (AvgIpc) is 1.99. The molecule has 0 aliphatic carbocycles. The van der Waals surface area contributed by atoms with Crippen LogP contribution in [0.2, 0.25) is 0 Å². The number of hydrogen-bond donors (Lipinski definition) is 0. The molecule has 0 spiro atoms. The highest BCUT2D eigenvalue weighted by Gasteiger charge is 2.10. The Morgan fingerprint density at radius 1 is 1.38 bits per heavy atom. The Balaban J connectivity index is 3.08. The van der Waals surface area contributed by atoms with Gasteiger partial charge in [0.05, 0.1) is 4.47 Å². The van der Waals surface area contributed by atoms with Gasteiger partial charge in [0.2, 0.25) is 5.24 Å². The maximum absolute atomic E-state index is 13.0. The van der Waals surface area contributed by atoms with Gasteiger partial charge in [-0.3, -0.25) is 4.79 Å². The largest absolute Gasteiger partial charge is 0.281 e. The van der Waals surface area contributed by atoms with Crippen molar-refractivity contribution in [3.05, 3.63) is 33.8 Å². The molecule has 0 unspecified atom stereocenters. The molecule has 1 nitrogen and oxygen atoms in total. The van der Waals surface area contributed by atoms with Gasteiger partial charge >= 0.3 is 0 Å². The third-order valence-corrected chi connectivity index (χ3v) is 2.16. The number of carbonyl (C=O) groups excluding carboxylic acids is 1. The van der Waals surface area contributed by atoms with Crippen LogP contribution in [0.3, 0.4) is 0 Å². The molecule has 70 valence electrons. The Morgan fingerprint density at radius 2 is 2.00 bits per heavy atom. The van der Waals surface area contributed by atoms with Crippen LogP contribution in [0.1, 0.15) is 5.56 Å². The first kappa shape index (κ1) is 10.6. The van der Waals surface area contributed by atoms with E-state index in [9.17, 15) is 13.6 Å². The summed E-state index contributed by atoms with van der Waals surface area (Å²) in [6.45, 7) is 0. The average molecular weight is 269 g/mol. The fourth-order valence-corrected chi connectivity index (χ4v) is 1.31. The first-order chi connectivity index (χ1) is 6.00. The summed E-state index contributed by atoms with van der Waals surface area (Å²) in [5.41, 5.74) is -0.0410. The van der Waals surface area contributed by atoms with Gasteiger partial charge in [-0.25, -0.2) is 8.78 Å². The Morgan fingerprint density at radius 3 is 2.54 bits per heavy atom. The van der Waals surface area contributed by atoms with Crippen molar-refractivity contribution in [3.63, 3.8) is 0 Å². The third-order valence-electron chi connectivity index (χ3n) is 1.42. The van der Waals surface area contributed by atoms with Crippen molar-refractivity contribution in [1.29, 1.82) is 0 Å². The van der Waals surface area contributed by atoms with Gasteiger partial charge in [-0.15, -0.1) is 0 Å². The highest BCUT2D eigenvalue weighted by Crippen LogP contribution is 2.20. The predicted molar refractivity (Wildman–Crippen MR) is 48.6 cm³/mol. The predicted octanol–water partition coefficient (Wildman–Crippen LogP) is 3.04. The molecule has 5 heteroatoms. The lowest BCUT2D eigenvalue weighted by molar-refractivity contribution is -0.111. The van der Waals surface area contributed by atoms with E-state index in [1.165, 1.54) is 0 Å². The summed E-state index contributed by atoms with van der Waals surface area (Å²) in [6.07, 6.45) is -0.308. The summed E-state index contributed by atoms with van der Waals surface area (Å²) < 4.78 is 25.8. The number of rotatable bonds is 2. The van der Waals surface area contributed by atoms with E-state index in [1.807, 2.05) is 0 Å². The SMILES string of the molecule is O=C(Cl)Cc1cc(F)c(Br)cc1F. The van der Waals surface area contributed by atoms with E-state index in [0.29, 0.717) is 0 Å². The highest BCUT2D eigenvalue weighted by atomic mass is 79.9. The fourth-order valence-electron chi connectivity index (χ4n) is 0.849. The molecule has 1 rings (SSSR count). The second kappa shape index (κ2) is 4.15. The minimum atomic E-state index is -0.722. The van der Waals surface area contributed by atoms with Gasteiger partial charge in [-0.1, -0.05) is 0 Å². The normalized spacial score (nSPS) is 10.2. The van der Waals surface area contributed by atoms with Crippen LogP contribution < -0.4 is 0 Å². The van der Waals surface area contributed by atoms with Gasteiger partial charge in [0.1, 0.15) is 11.6 Å². The Labute approximate surface area is 86.8 Å². The van der Waals surface area contributed by atoms with Gasteiger partial charge < -0.3 is 0 Å². The summed E-state index contributed by atoms with van der Waals surface area (Å²) >= 11 is 7.85. The van der Waals surface area contributed by atoms with Crippen LogP contribution in [0.4, 0.5) is 8.78 Å². The standard InChI is InChI=1S/C8H4BrClF2O/c9-5-3-6(11)4(1-7(5)12)2-8(10)13/h1,3H,2H2. The van der Waals surface area contributed by atoms with E-state index in [-0.39, 0.29) is 16.5 Å². The molecule has 1 aromatic rings. The quantitative estimate of drug-likeness (QED) is 0.596. The summed E-state index contributed by atoms with van der Waals surface area (Å²) in [5.74, 6) is -1.27. The van der Waals surface area contributed by atoms with Gasteiger partial charge in [0.15, 0.2) is 0 Å². The van der Waals surface area contributed by atoms with E-state index < -0.39 is 16.9 Å². The van der Waals surface area contributed by atoms with Gasteiger partial charge in [0.25, 0.3) is 0 Å². The number of halogens is 4. The lowest BCUT2D eigenvalue weighted by Gasteiger charge is -2.01. The number of carbonyl (C=O) groups is 1. The van der Waals surface area contributed by atoms with Crippen molar-refractivity contribution in [2.75, 3.05) is 0 Å². The Bertz CT molecular complexity index is 354. The van der Waals surface area contributed by atoms with Crippen LogP contribution in [-0.4, -0.2) is 5.24 Å². The van der Waals surface area contributed by atoms with Crippen molar-refractivity contribution in [3.8, 4) is 0 Å². The molecule has 0 aliphatic heterocycles. The zero-order valence-corrected chi connectivity index (χ0v) is 8.62. The molecule has 0 heterocycles. The topological polar surface area (TPSA) is 17.1 Å². The number of hydrogen-bond acceptors (Lipinski definition) is 1. The molecule has 0 N–H and O–H groups in total. The monoisotopic (exact) mass is 268 g/mol. The van der Waals surface area contributed by atoms with Crippen LogP contribution in [0.15, 0.2) is 16.6 Å². The molecule has 1 aromatic carbocycles. The van der Waals surface area contributed by atoms with Crippen LogP contribution in [0, 0.1) is 11.6 Å². The van der Waals surface area contributed by atoms with Gasteiger partial charge in [0, 0.05) is 6.42 Å². The van der Waals surface area contributed by atoms with Crippen LogP contribution in [0.25, 0.3) is 0 Å². The molecule has 0 bridgehead atoms. The molecule has 0 aromatic heterocycles. The molecule has 0 saturated heterocycles. The molecule has 0 aliphatic rings. The van der Waals surface area contributed by atoms with Crippen molar-refractivity contribution < 1.29 is 13.6 Å².